The lowest BCUT2D eigenvalue weighted by atomic mass is 9.76. The van der Waals surface area contributed by atoms with Gasteiger partial charge < -0.3 is 20.0 Å². The van der Waals surface area contributed by atoms with Gasteiger partial charge in [0.2, 0.25) is 0 Å². The molecule has 3 aliphatic rings. The van der Waals surface area contributed by atoms with E-state index in [9.17, 15) is 19.4 Å². The molecule has 0 radical (unpaired) electrons. The molecule has 2 N–H and O–H groups in total. The standard InChI is InChI=1S/C22H27FN6O3/c23-19-12-16(29-14-24-25-26-29)2-4-18(19)20(31)13-27-8-5-22(6-9-27)7-10-28(21(22)32)15-1-3-17(30)11-15/h2,4,11-12,14,20-21,31-32H,1,3,5-10,13H2. The molecule has 170 valence electrons. The minimum atomic E-state index is -0.952. The topological polar surface area (TPSA) is 108 Å². The van der Waals surface area contributed by atoms with Crippen LogP contribution in [0.2, 0.25) is 0 Å². The number of tetrazole rings is 1. The van der Waals surface area contributed by atoms with Crippen LogP contribution in [0.4, 0.5) is 4.39 Å². The normalized spacial score (nSPS) is 24.3. The number of rotatable bonds is 5. The van der Waals surface area contributed by atoms with E-state index in [1.165, 1.54) is 17.1 Å². The first-order chi connectivity index (χ1) is 15.4. The van der Waals surface area contributed by atoms with Gasteiger partial charge in [-0.15, -0.1) is 5.10 Å². The van der Waals surface area contributed by atoms with E-state index in [2.05, 4.69) is 20.4 Å². The molecule has 0 amide bonds. The van der Waals surface area contributed by atoms with Crippen molar-refractivity contribution in [1.29, 1.82) is 0 Å². The third-order valence-electron chi connectivity index (χ3n) is 7.26. The molecule has 2 aromatic rings. The van der Waals surface area contributed by atoms with Crippen LogP contribution in [-0.2, 0) is 4.79 Å². The third-order valence-corrected chi connectivity index (χ3v) is 7.26. The summed E-state index contributed by atoms with van der Waals surface area (Å²) in [6.07, 6.45) is 5.27. The zero-order valence-corrected chi connectivity index (χ0v) is 17.8. The van der Waals surface area contributed by atoms with Crippen LogP contribution in [0.3, 0.4) is 0 Å². The monoisotopic (exact) mass is 442 g/mol. The number of hydrogen-bond acceptors (Lipinski definition) is 8. The fourth-order valence-electron chi connectivity index (χ4n) is 5.27. The molecule has 2 aliphatic heterocycles. The summed E-state index contributed by atoms with van der Waals surface area (Å²) in [5.41, 5.74) is 1.50. The molecule has 1 spiro atoms. The predicted molar refractivity (Wildman–Crippen MR) is 112 cm³/mol. The van der Waals surface area contributed by atoms with Crippen LogP contribution < -0.4 is 0 Å². The van der Waals surface area contributed by atoms with Crippen LogP contribution in [-0.4, -0.2) is 78.4 Å². The summed E-state index contributed by atoms with van der Waals surface area (Å²) in [7, 11) is 0. The van der Waals surface area contributed by atoms with Crippen molar-refractivity contribution in [3.8, 4) is 5.69 Å². The highest BCUT2D eigenvalue weighted by molar-refractivity contribution is 5.92. The molecule has 0 saturated carbocycles. The average molecular weight is 442 g/mol. The summed E-state index contributed by atoms with van der Waals surface area (Å²) < 4.78 is 16.0. The minimum absolute atomic E-state index is 0.134. The lowest BCUT2D eigenvalue weighted by Crippen LogP contribution is -2.47. The Morgan fingerprint density at radius 2 is 1.97 bits per heavy atom. The van der Waals surface area contributed by atoms with E-state index in [1.807, 2.05) is 4.90 Å². The Kier molecular flexibility index (Phi) is 5.52. The first-order valence-corrected chi connectivity index (χ1v) is 11.1. The maximum Gasteiger partial charge on any atom is 0.157 e. The summed E-state index contributed by atoms with van der Waals surface area (Å²) in [5.74, 6) is -0.365. The van der Waals surface area contributed by atoms with Gasteiger partial charge in [-0.2, -0.15) is 0 Å². The lowest BCUT2D eigenvalue weighted by molar-refractivity contribution is -0.114. The summed E-state index contributed by atoms with van der Waals surface area (Å²) in [6, 6.07) is 4.55. The molecular weight excluding hydrogens is 415 g/mol. The van der Waals surface area contributed by atoms with Crippen molar-refractivity contribution in [3.05, 3.63) is 47.7 Å². The molecular formula is C22H27FN6O3. The number of carbonyl (C=O) groups is 1. The molecule has 1 aromatic heterocycles. The van der Waals surface area contributed by atoms with Crippen LogP contribution in [0.1, 0.15) is 43.8 Å². The molecule has 5 rings (SSSR count). The van der Waals surface area contributed by atoms with E-state index in [1.54, 1.807) is 18.2 Å². The highest BCUT2D eigenvalue weighted by Gasteiger charge is 2.49. The maximum atomic E-state index is 14.6. The van der Waals surface area contributed by atoms with Gasteiger partial charge >= 0.3 is 0 Å². The van der Waals surface area contributed by atoms with Crippen molar-refractivity contribution in [2.75, 3.05) is 26.2 Å². The molecule has 2 fully saturated rings. The average Bonchev–Trinajstić information content (AvgIpc) is 3.52. The number of piperidine rings is 1. The Hall–Kier alpha value is -2.69. The van der Waals surface area contributed by atoms with Crippen molar-refractivity contribution < 1.29 is 19.4 Å². The second kappa shape index (κ2) is 8.34. The second-order valence-corrected chi connectivity index (χ2v) is 9.06. The summed E-state index contributed by atoms with van der Waals surface area (Å²) in [5, 5.41) is 32.5. The van der Waals surface area contributed by atoms with E-state index in [4.69, 9.17) is 0 Å². The zero-order chi connectivity index (χ0) is 22.3. The highest BCUT2D eigenvalue weighted by atomic mass is 19.1. The fraction of sp³-hybridized carbons (Fsp3) is 0.545. The van der Waals surface area contributed by atoms with Gasteiger partial charge in [-0.1, -0.05) is 6.07 Å². The van der Waals surface area contributed by atoms with E-state index in [-0.39, 0.29) is 16.8 Å². The van der Waals surface area contributed by atoms with Crippen molar-refractivity contribution in [1.82, 2.24) is 30.0 Å². The number of ketones is 1. The van der Waals surface area contributed by atoms with Crippen LogP contribution >= 0.6 is 0 Å². The van der Waals surface area contributed by atoms with Gasteiger partial charge in [0.1, 0.15) is 18.4 Å². The molecule has 32 heavy (non-hydrogen) atoms. The van der Waals surface area contributed by atoms with E-state index in [0.717, 1.165) is 44.6 Å². The van der Waals surface area contributed by atoms with Crippen LogP contribution in [0.5, 0.6) is 0 Å². The Balaban J connectivity index is 1.19. The first-order valence-electron chi connectivity index (χ1n) is 11.1. The molecule has 3 heterocycles. The van der Waals surface area contributed by atoms with Crippen molar-refractivity contribution in [2.24, 2.45) is 5.41 Å². The van der Waals surface area contributed by atoms with E-state index < -0.39 is 18.1 Å². The van der Waals surface area contributed by atoms with Crippen molar-refractivity contribution >= 4 is 5.78 Å². The largest absolute Gasteiger partial charge is 0.387 e. The van der Waals surface area contributed by atoms with Crippen LogP contribution in [0, 0.1) is 11.2 Å². The predicted octanol–water partition coefficient (Wildman–Crippen LogP) is 1.19. The number of nitrogens with zero attached hydrogens (tertiary/aromatic N) is 6. The smallest absolute Gasteiger partial charge is 0.157 e. The Bertz CT molecular complexity index is 1020. The van der Waals surface area contributed by atoms with E-state index >= 15 is 0 Å². The number of carbonyl (C=O) groups excluding carboxylic acids is 1. The Morgan fingerprint density at radius 1 is 1.19 bits per heavy atom. The van der Waals surface area contributed by atoms with Gasteiger partial charge in [0.25, 0.3) is 0 Å². The second-order valence-electron chi connectivity index (χ2n) is 9.06. The molecule has 0 bridgehead atoms. The zero-order valence-electron chi connectivity index (χ0n) is 17.8. The SMILES string of the molecule is O=C1C=C(N2CCC3(CCN(CC(O)c4ccc(-n5cnnn5)cc4F)CC3)C2O)CC1. The van der Waals surface area contributed by atoms with Gasteiger partial charge in [0.05, 0.1) is 11.8 Å². The number of hydrogen-bond donors (Lipinski definition) is 2. The van der Waals surface area contributed by atoms with Crippen molar-refractivity contribution in [3.63, 3.8) is 0 Å². The number of aliphatic hydroxyl groups excluding tert-OH is 2. The number of aromatic nitrogens is 4. The van der Waals surface area contributed by atoms with Crippen molar-refractivity contribution in [2.45, 2.75) is 44.4 Å². The van der Waals surface area contributed by atoms with Gasteiger partial charge in [-0.25, -0.2) is 9.07 Å². The number of β-amino-alcohol motifs (C(OH)–C–C–N with tert-alkyl or cyclic N) is 1. The fourth-order valence-corrected chi connectivity index (χ4v) is 5.27. The van der Waals surface area contributed by atoms with Gasteiger partial charge in [0.15, 0.2) is 5.78 Å². The molecule has 9 nitrogen and oxygen atoms in total. The number of halogens is 1. The molecule has 10 heteroatoms. The number of benzene rings is 1. The Labute approximate surface area is 185 Å². The number of likely N-dealkylation sites (tertiary alicyclic amines) is 2. The van der Waals surface area contributed by atoms with Crippen LogP contribution in [0.15, 0.2) is 36.3 Å². The summed E-state index contributed by atoms with van der Waals surface area (Å²) in [4.78, 5) is 15.7. The molecule has 1 aliphatic carbocycles. The number of allylic oxidation sites excluding steroid dienone is 2. The molecule has 2 saturated heterocycles. The van der Waals surface area contributed by atoms with E-state index in [0.29, 0.717) is 25.1 Å². The molecule has 2 unspecified atom stereocenters. The van der Waals surface area contributed by atoms with Crippen LogP contribution in [0.25, 0.3) is 5.69 Å². The summed E-state index contributed by atoms with van der Waals surface area (Å²) >= 11 is 0. The maximum absolute atomic E-state index is 14.6. The first kappa shape index (κ1) is 21.2. The third kappa shape index (κ3) is 3.82. The molecule has 2 atom stereocenters. The quantitative estimate of drug-likeness (QED) is 0.711. The lowest BCUT2D eigenvalue weighted by Gasteiger charge is -2.43. The van der Waals surface area contributed by atoms with Gasteiger partial charge in [-0.05, 0) is 55.3 Å². The minimum Gasteiger partial charge on any atom is -0.387 e. The van der Waals surface area contributed by atoms with Gasteiger partial charge in [-0.3, -0.25) is 4.79 Å². The van der Waals surface area contributed by atoms with Gasteiger partial charge in [0, 0.05) is 48.3 Å². The highest BCUT2D eigenvalue weighted by Crippen LogP contribution is 2.46. The molecule has 1 aromatic carbocycles. The summed E-state index contributed by atoms with van der Waals surface area (Å²) in [6.45, 7) is 2.55. The number of aliphatic hydroxyl groups is 2. The Morgan fingerprint density at radius 3 is 2.62 bits per heavy atom.